The molecule has 0 radical (unpaired) electrons. The molecule has 2 aromatic heterocycles. The zero-order valence-corrected chi connectivity index (χ0v) is 11.4. The Morgan fingerprint density at radius 1 is 1.00 bits per heavy atom. The van der Waals surface area contributed by atoms with Crippen molar-refractivity contribution in [2.45, 2.75) is 4.90 Å². The van der Waals surface area contributed by atoms with E-state index in [4.69, 9.17) is 0 Å². The molecule has 0 amide bonds. The van der Waals surface area contributed by atoms with Gasteiger partial charge in [-0.15, -0.1) is 11.8 Å². The van der Waals surface area contributed by atoms with Crippen molar-refractivity contribution >= 4 is 34.8 Å². The van der Waals surface area contributed by atoms with Gasteiger partial charge in [0.15, 0.2) is 11.6 Å². The molecule has 0 unspecified atom stereocenters. The Balaban J connectivity index is 2.27. The first kappa shape index (κ1) is 11.3. The third-order valence-electron chi connectivity index (χ3n) is 3.19. The first-order valence-electron chi connectivity index (χ1n) is 5.69. The van der Waals surface area contributed by atoms with E-state index in [2.05, 4.69) is 32.1 Å². The van der Waals surface area contributed by atoms with Gasteiger partial charge >= 0.3 is 0 Å². The Morgan fingerprint density at radius 3 is 2.56 bits per heavy atom. The number of fused-ring (bicyclic) bond motifs is 2. The number of anilines is 4. The molecule has 0 spiro atoms. The van der Waals surface area contributed by atoms with Crippen molar-refractivity contribution in [2.75, 3.05) is 30.2 Å². The van der Waals surface area contributed by atoms with Gasteiger partial charge in [0, 0.05) is 31.4 Å². The molecule has 92 valence electrons. The molecule has 0 saturated carbocycles. The van der Waals surface area contributed by atoms with Gasteiger partial charge in [0.05, 0.1) is 11.4 Å². The maximum Gasteiger partial charge on any atom is 0.158 e. The number of nitrogens with zero attached hydrogens (tertiary/aromatic N) is 4. The number of rotatable bonds is 1. The summed E-state index contributed by atoms with van der Waals surface area (Å²) in [5, 5.41) is 0. The lowest BCUT2D eigenvalue weighted by Crippen LogP contribution is -2.26. The molecule has 5 heteroatoms. The van der Waals surface area contributed by atoms with Crippen LogP contribution < -0.4 is 9.80 Å². The number of aromatic nitrogens is 2. The Hall–Kier alpha value is -1.75. The van der Waals surface area contributed by atoms with Crippen LogP contribution in [0.2, 0.25) is 0 Å². The van der Waals surface area contributed by atoms with Gasteiger partial charge in [0.1, 0.15) is 0 Å². The summed E-state index contributed by atoms with van der Waals surface area (Å²) in [5.41, 5.74) is 2.21. The van der Waals surface area contributed by atoms with Crippen LogP contribution in [-0.2, 0) is 0 Å². The Kier molecular flexibility index (Phi) is 2.63. The van der Waals surface area contributed by atoms with Crippen LogP contribution in [0.15, 0.2) is 35.5 Å². The standard InChI is InChI=1S/C13H14N4S/c1-16-9-5-4-7-14-12(9)17(2)11-10(18-3)6-8-15-13(11)16/h4-8H,1-3H3. The predicted octanol–water partition coefficient (Wildman–Crippen LogP) is 3.05. The number of hydrogen-bond acceptors (Lipinski definition) is 5. The molecule has 0 saturated heterocycles. The fourth-order valence-electron chi connectivity index (χ4n) is 2.28. The van der Waals surface area contributed by atoms with E-state index in [1.807, 2.05) is 38.6 Å². The molecule has 0 fully saturated rings. The maximum absolute atomic E-state index is 4.50. The second kappa shape index (κ2) is 4.17. The van der Waals surface area contributed by atoms with Gasteiger partial charge in [-0.2, -0.15) is 0 Å². The molecule has 3 rings (SSSR count). The van der Waals surface area contributed by atoms with Crippen LogP contribution in [0.4, 0.5) is 23.0 Å². The van der Waals surface area contributed by atoms with E-state index in [0.29, 0.717) is 0 Å². The van der Waals surface area contributed by atoms with Gasteiger partial charge in [-0.1, -0.05) is 0 Å². The van der Waals surface area contributed by atoms with Gasteiger partial charge < -0.3 is 9.80 Å². The van der Waals surface area contributed by atoms with Crippen molar-refractivity contribution in [1.82, 2.24) is 9.97 Å². The summed E-state index contributed by atoms with van der Waals surface area (Å²) >= 11 is 1.73. The topological polar surface area (TPSA) is 32.3 Å². The molecule has 4 nitrogen and oxygen atoms in total. The Bertz CT molecular complexity index is 599. The highest BCUT2D eigenvalue weighted by Crippen LogP contribution is 2.47. The molecule has 1 aliphatic heterocycles. The van der Waals surface area contributed by atoms with Crippen molar-refractivity contribution in [3.63, 3.8) is 0 Å². The molecule has 3 heterocycles. The highest BCUT2D eigenvalue weighted by atomic mass is 32.2. The smallest absolute Gasteiger partial charge is 0.158 e. The first-order chi connectivity index (χ1) is 8.74. The van der Waals surface area contributed by atoms with Crippen LogP contribution in [0.25, 0.3) is 0 Å². The highest BCUT2D eigenvalue weighted by molar-refractivity contribution is 7.98. The van der Waals surface area contributed by atoms with Gasteiger partial charge in [0.2, 0.25) is 0 Å². The lowest BCUT2D eigenvalue weighted by atomic mass is 10.2. The fraction of sp³-hybridized carbons (Fsp3) is 0.231. The van der Waals surface area contributed by atoms with Crippen molar-refractivity contribution in [3.8, 4) is 0 Å². The van der Waals surface area contributed by atoms with E-state index >= 15 is 0 Å². The minimum Gasteiger partial charge on any atom is -0.325 e. The van der Waals surface area contributed by atoms with Crippen molar-refractivity contribution in [2.24, 2.45) is 0 Å². The van der Waals surface area contributed by atoms with Crippen LogP contribution >= 0.6 is 11.8 Å². The molecule has 0 N–H and O–H groups in total. The van der Waals surface area contributed by atoms with Crippen molar-refractivity contribution < 1.29 is 0 Å². The lowest BCUT2D eigenvalue weighted by molar-refractivity contribution is 0.993. The lowest BCUT2D eigenvalue weighted by Gasteiger charge is -2.35. The third-order valence-corrected chi connectivity index (χ3v) is 3.96. The zero-order chi connectivity index (χ0) is 12.7. The van der Waals surface area contributed by atoms with Crippen LogP contribution in [0, 0.1) is 0 Å². The summed E-state index contributed by atoms with van der Waals surface area (Å²) in [7, 11) is 4.07. The van der Waals surface area contributed by atoms with Gasteiger partial charge in [-0.25, -0.2) is 9.97 Å². The highest BCUT2D eigenvalue weighted by Gasteiger charge is 2.27. The molecule has 0 aliphatic carbocycles. The largest absolute Gasteiger partial charge is 0.325 e. The van der Waals surface area contributed by atoms with Crippen LogP contribution in [0.1, 0.15) is 0 Å². The Labute approximate surface area is 111 Å². The fourth-order valence-corrected chi connectivity index (χ4v) is 2.90. The summed E-state index contributed by atoms with van der Waals surface area (Å²) in [6.45, 7) is 0. The first-order valence-corrected chi connectivity index (χ1v) is 6.92. The summed E-state index contributed by atoms with van der Waals surface area (Å²) in [5.74, 6) is 1.95. The summed E-state index contributed by atoms with van der Waals surface area (Å²) in [6.07, 6.45) is 5.76. The normalized spacial score (nSPS) is 13.3. The summed E-state index contributed by atoms with van der Waals surface area (Å²) < 4.78 is 0. The van der Waals surface area contributed by atoms with E-state index < -0.39 is 0 Å². The zero-order valence-electron chi connectivity index (χ0n) is 10.6. The molecule has 0 atom stereocenters. The monoisotopic (exact) mass is 258 g/mol. The molecule has 1 aliphatic rings. The second-order valence-electron chi connectivity index (χ2n) is 4.15. The molecule has 0 aromatic carbocycles. The molecular formula is C13H14N4S. The average Bonchev–Trinajstić information content (AvgIpc) is 2.44. The minimum absolute atomic E-state index is 0.968. The van der Waals surface area contributed by atoms with E-state index in [0.717, 1.165) is 23.0 Å². The van der Waals surface area contributed by atoms with Crippen LogP contribution in [-0.4, -0.2) is 30.3 Å². The Morgan fingerprint density at radius 2 is 1.78 bits per heavy atom. The van der Waals surface area contributed by atoms with Gasteiger partial charge in [0.25, 0.3) is 0 Å². The average molecular weight is 258 g/mol. The second-order valence-corrected chi connectivity index (χ2v) is 5.00. The van der Waals surface area contributed by atoms with Crippen molar-refractivity contribution in [1.29, 1.82) is 0 Å². The third kappa shape index (κ3) is 1.47. The van der Waals surface area contributed by atoms with E-state index in [1.54, 1.807) is 11.8 Å². The van der Waals surface area contributed by atoms with Crippen LogP contribution in [0.3, 0.4) is 0 Å². The van der Waals surface area contributed by atoms with E-state index in [1.165, 1.54) is 4.90 Å². The summed E-state index contributed by atoms with van der Waals surface area (Å²) in [4.78, 5) is 14.4. The number of pyridine rings is 2. The van der Waals surface area contributed by atoms with E-state index in [9.17, 15) is 0 Å². The molecule has 2 aromatic rings. The van der Waals surface area contributed by atoms with Crippen molar-refractivity contribution in [3.05, 3.63) is 30.6 Å². The number of thioether (sulfide) groups is 1. The molecule has 0 bridgehead atoms. The summed E-state index contributed by atoms with van der Waals surface area (Å²) in [6, 6.07) is 6.06. The van der Waals surface area contributed by atoms with E-state index in [-0.39, 0.29) is 0 Å². The predicted molar refractivity (Wildman–Crippen MR) is 76.4 cm³/mol. The molecular weight excluding hydrogens is 244 g/mol. The molecule has 18 heavy (non-hydrogen) atoms. The minimum atomic E-state index is 0.968. The van der Waals surface area contributed by atoms with Crippen LogP contribution in [0.5, 0.6) is 0 Å². The SMILES string of the molecule is CSc1ccnc2c1N(C)c1ncccc1N2C. The van der Waals surface area contributed by atoms with Gasteiger partial charge in [-0.3, -0.25) is 0 Å². The van der Waals surface area contributed by atoms with Gasteiger partial charge in [-0.05, 0) is 24.5 Å². The quantitative estimate of drug-likeness (QED) is 0.734. The maximum atomic E-state index is 4.50. The number of hydrogen-bond donors (Lipinski definition) is 0.